The number of nitrogens with one attached hydrogen (secondary N) is 1. The number of para-hydroxylation sites is 1. The van der Waals surface area contributed by atoms with Gasteiger partial charge in [0, 0.05) is 5.69 Å². The van der Waals surface area contributed by atoms with Crippen molar-refractivity contribution in [2.24, 2.45) is 0 Å². The SMILES string of the molecule is Cc1cccc(N2C(=O)C(Cl)=C(Nc3ccccc3)C2=O)c1C. The summed E-state index contributed by atoms with van der Waals surface area (Å²) in [5.74, 6) is -0.957. The Labute approximate surface area is 139 Å². The Bertz CT molecular complexity index is 828. The summed E-state index contributed by atoms with van der Waals surface area (Å²) < 4.78 is 0. The van der Waals surface area contributed by atoms with Gasteiger partial charge in [-0.1, -0.05) is 41.9 Å². The molecule has 0 unspecified atom stereocenters. The molecule has 0 radical (unpaired) electrons. The molecule has 0 saturated carbocycles. The molecule has 4 nitrogen and oxygen atoms in total. The number of imide groups is 1. The van der Waals surface area contributed by atoms with E-state index in [1.807, 2.05) is 44.2 Å². The third kappa shape index (κ3) is 2.62. The van der Waals surface area contributed by atoms with E-state index in [9.17, 15) is 9.59 Å². The zero-order chi connectivity index (χ0) is 16.6. The van der Waals surface area contributed by atoms with Gasteiger partial charge in [-0.05, 0) is 43.2 Å². The summed E-state index contributed by atoms with van der Waals surface area (Å²) in [4.78, 5) is 26.3. The lowest BCUT2D eigenvalue weighted by Gasteiger charge is -2.18. The van der Waals surface area contributed by atoms with Crippen LogP contribution in [0.25, 0.3) is 0 Å². The first-order valence-corrected chi connectivity index (χ1v) is 7.55. The molecule has 1 heterocycles. The van der Waals surface area contributed by atoms with Gasteiger partial charge in [0.25, 0.3) is 11.8 Å². The topological polar surface area (TPSA) is 49.4 Å². The Hall–Kier alpha value is -2.59. The van der Waals surface area contributed by atoms with Crippen LogP contribution in [0.2, 0.25) is 0 Å². The summed E-state index contributed by atoms with van der Waals surface area (Å²) in [6.07, 6.45) is 0. The number of hydrogen-bond donors (Lipinski definition) is 1. The van der Waals surface area contributed by atoms with Crippen LogP contribution in [-0.2, 0) is 9.59 Å². The second-order valence-electron chi connectivity index (χ2n) is 5.34. The van der Waals surface area contributed by atoms with E-state index in [0.29, 0.717) is 11.4 Å². The van der Waals surface area contributed by atoms with E-state index in [0.717, 1.165) is 16.0 Å². The maximum Gasteiger partial charge on any atom is 0.283 e. The van der Waals surface area contributed by atoms with E-state index in [2.05, 4.69) is 5.32 Å². The maximum absolute atomic E-state index is 12.7. The number of halogens is 1. The van der Waals surface area contributed by atoms with E-state index in [-0.39, 0.29) is 10.7 Å². The van der Waals surface area contributed by atoms with Gasteiger partial charge in [-0.15, -0.1) is 0 Å². The molecule has 0 fully saturated rings. The Morgan fingerprint density at radius 1 is 0.913 bits per heavy atom. The van der Waals surface area contributed by atoms with Crippen LogP contribution in [0.4, 0.5) is 11.4 Å². The van der Waals surface area contributed by atoms with Gasteiger partial charge >= 0.3 is 0 Å². The number of amides is 2. The number of anilines is 2. The van der Waals surface area contributed by atoms with E-state index < -0.39 is 11.8 Å². The lowest BCUT2D eigenvalue weighted by Crippen LogP contribution is -2.33. The third-order valence-corrected chi connectivity index (χ3v) is 4.24. The van der Waals surface area contributed by atoms with Crippen LogP contribution in [-0.4, -0.2) is 11.8 Å². The minimum absolute atomic E-state index is 0.0974. The van der Waals surface area contributed by atoms with Crippen molar-refractivity contribution < 1.29 is 9.59 Å². The quantitative estimate of drug-likeness (QED) is 0.874. The first kappa shape index (κ1) is 15.3. The van der Waals surface area contributed by atoms with Gasteiger partial charge < -0.3 is 5.32 Å². The summed E-state index contributed by atoms with van der Waals surface area (Å²) in [6.45, 7) is 3.81. The van der Waals surface area contributed by atoms with Crippen molar-refractivity contribution >= 4 is 34.8 Å². The summed E-state index contributed by atoms with van der Waals surface area (Å²) in [6, 6.07) is 14.6. The Kier molecular flexibility index (Phi) is 3.92. The highest BCUT2D eigenvalue weighted by Gasteiger charge is 2.39. The van der Waals surface area contributed by atoms with Crippen LogP contribution in [0.5, 0.6) is 0 Å². The highest BCUT2D eigenvalue weighted by molar-refractivity contribution is 6.53. The summed E-state index contributed by atoms with van der Waals surface area (Å²) >= 11 is 6.12. The molecule has 5 heteroatoms. The van der Waals surface area contributed by atoms with Gasteiger partial charge in [0.2, 0.25) is 0 Å². The number of aryl methyl sites for hydroxylation is 1. The molecule has 0 atom stereocenters. The van der Waals surface area contributed by atoms with Gasteiger partial charge in [-0.3, -0.25) is 9.59 Å². The van der Waals surface area contributed by atoms with E-state index in [1.54, 1.807) is 18.2 Å². The molecule has 2 aromatic rings. The zero-order valence-corrected chi connectivity index (χ0v) is 13.5. The fourth-order valence-corrected chi connectivity index (χ4v) is 2.69. The molecule has 0 spiro atoms. The van der Waals surface area contributed by atoms with E-state index in [4.69, 9.17) is 11.6 Å². The highest BCUT2D eigenvalue weighted by atomic mass is 35.5. The fourth-order valence-electron chi connectivity index (χ4n) is 2.47. The summed E-state index contributed by atoms with van der Waals surface area (Å²) in [7, 11) is 0. The largest absolute Gasteiger partial charge is 0.350 e. The predicted molar refractivity (Wildman–Crippen MR) is 91.4 cm³/mol. The minimum Gasteiger partial charge on any atom is -0.350 e. The van der Waals surface area contributed by atoms with Crippen LogP contribution in [0.15, 0.2) is 59.3 Å². The van der Waals surface area contributed by atoms with Crippen LogP contribution < -0.4 is 10.2 Å². The molecule has 0 aromatic heterocycles. The highest BCUT2D eigenvalue weighted by Crippen LogP contribution is 2.32. The average Bonchev–Trinajstić information content (AvgIpc) is 2.75. The Morgan fingerprint density at radius 3 is 2.30 bits per heavy atom. The van der Waals surface area contributed by atoms with Crippen LogP contribution in [0.3, 0.4) is 0 Å². The summed E-state index contributed by atoms with van der Waals surface area (Å²) in [5, 5.41) is 2.84. The van der Waals surface area contributed by atoms with Crippen molar-refractivity contribution in [1.82, 2.24) is 0 Å². The first-order valence-electron chi connectivity index (χ1n) is 7.17. The molecule has 116 valence electrons. The molecule has 1 N–H and O–H groups in total. The van der Waals surface area contributed by atoms with Gasteiger partial charge in [-0.2, -0.15) is 0 Å². The van der Waals surface area contributed by atoms with Gasteiger partial charge in [-0.25, -0.2) is 4.90 Å². The molecular weight excluding hydrogens is 312 g/mol. The Balaban J connectivity index is 1.98. The lowest BCUT2D eigenvalue weighted by atomic mass is 10.1. The minimum atomic E-state index is -0.510. The van der Waals surface area contributed by atoms with Crippen LogP contribution in [0.1, 0.15) is 11.1 Å². The second-order valence-corrected chi connectivity index (χ2v) is 5.72. The number of carbonyl (C=O) groups excluding carboxylic acids is 2. The Morgan fingerprint density at radius 2 is 1.61 bits per heavy atom. The zero-order valence-electron chi connectivity index (χ0n) is 12.8. The standard InChI is InChI=1S/C18H15ClN2O2/c1-11-7-6-10-14(12(11)2)21-17(22)15(19)16(18(21)23)20-13-8-4-3-5-9-13/h3-10,20H,1-2H3. The number of rotatable bonds is 3. The van der Waals surface area contributed by atoms with Crippen molar-refractivity contribution in [2.45, 2.75) is 13.8 Å². The van der Waals surface area contributed by atoms with Crippen molar-refractivity contribution in [3.05, 3.63) is 70.4 Å². The molecular formula is C18H15ClN2O2. The molecule has 2 aromatic carbocycles. The predicted octanol–water partition coefficient (Wildman–Crippen LogP) is 3.74. The first-order chi connectivity index (χ1) is 11.0. The van der Waals surface area contributed by atoms with E-state index in [1.165, 1.54) is 0 Å². The molecule has 0 saturated heterocycles. The molecule has 1 aliphatic heterocycles. The van der Waals surface area contributed by atoms with Gasteiger partial charge in [0.05, 0.1) is 5.69 Å². The van der Waals surface area contributed by atoms with Gasteiger partial charge in [0.1, 0.15) is 10.7 Å². The van der Waals surface area contributed by atoms with Crippen molar-refractivity contribution in [3.63, 3.8) is 0 Å². The van der Waals surface area contributed by atoms with Crippen molar-refractivity contribution in [2.75, 3.05) is 10.2 Å². The molecule has 23 heavy (non-hydrogen) atoms. The molecule has 0 aliphatic carbocycles. The number of carbonyl (C=O) groups is 2. The summed E-state index contributed by atoms with van der Waals surface area (Å²) in [5.41, 5.74) is 3.24. The third-order valence-electron chi connectivity index (χ3n) is 3.89. The lowest BCUT2D eigenvalue weighted by molar-refractivity contribution is -0.120. The molecule has 2 amide bonds. The van der Waals surface area contributed by atoms with Crippen LogP contribution >= 0.6 is 11.6 Å². The van der Waals surface area contributed by atoms with E-state index >= 15 is 0 Å². The van der Waals surface area contributed by atoms with Gasteiger partial charge in [0.15, 0.2) is 0 Å². The number of hydrogen-bond acceptors (Lipinski definition) is 3. The van der Waals surface area contributed by atoms with Crippen LogP contribution in [0, 0.1) is 13.8 Å². The van der Waals surface area contributed by atoms with Crippen molar-refractivity contribution in [1.29, 1.82) is 0 Å². The second kappa shape index (κ2) is 5.89. The average molecular weight is 327 g/mol. The fraction of sp³-hybridized carbons (Fsp3) is 0.111. The monoisotopic (exact) mass is 326 g/mol. The number of benzene rings is 2. The normalized spacial score (nSPS) is 14.7. The smallest absolute Gasteiger partial charge is 0.283 e. The molecule has 0 bridgehead atoms. The maximum atomic E-state index is 12.7. The molecule has 1 aliphatic rings. The molecule has 3 rings (SSSR count). The van der Waals surface area contributed by atoms with Crippen molar-refractivity contribution in [3.8, 4) is 0 Å². The number of nitrogens with zero attached hydrogens (tertiary/aromatic N) is 1.